The van der Waals surface area contributed by atoms with Crippen LogP contribution in [0.15, 0.2) is 76.5 Å². The number of nitrogens with two attached hydrogens (primary N) is 1. The fraction of sp³-hybridized carbons (Fsp3) is 0.0952. The Morgan fingerprint density at radius 3 is 2.34 bits per heavy atom. The molecule has 0 unspecified atom stereocenters. The van der Waals surface area contributed by atoms with Crippen molar-refractivity contribution in [1.82, 2.24) is 0 Å². The highest BCUT2D eigenvalue weighted by Crippen LogP contribution is 2.38. The second kappa shape index (κ2) is 8.80. The summed E-state index contributed by atoms with van der Waals surface area (Å²) in [6.45, 7) is 0. The van der Waals surface area contributed by atoms with Crippen molar-refractivity contribution in [3.05, 3.63) is 82.9 Å². The van der Waals surface area contributed by atoms with Crippen LogP contribution in [0, 0.1) is 0 Å². The van der Waals surface area contributed by atoms with E-state index in [1.165, 1.54) is 17.8 Å². The van der Waals surface area contributed by atoms with Crippen LogP contribution in [0.3, 0.4) is 0 Å². The van der Waals surface area contributed by atoms with Crippen molar-refractivity contribution < 1.29 is 22.7 Å². The molecule has 8 heteroatoms. The fourth-order valence-corrected chi connectivity index (χ4v) is 3.73. The minimum absolute atomic E-state index is 0.0820. The Bertz CT molecular complexity index is 1030. The van der Waals surface area contributed by atoms with E-state index in [-0.39, 0.29) is 28.5 Å². The summed E-state index contributed by atoms with van der Waals surface area (Å²) in [5, 5.41) is 0.250. The zero-order chi connectivity index (χ0) is 21.0. The van der Waals surface area contributed by atoms with Crippen molar-refractivity contribution in [3.8, 4) is 11.5 Å². The van der Waals surface area contributed by atoms with Gasteiger partial charge in [0.1, 0.15) is 11.5 Å². The van der Waals surface area contributed by atoms with E-state index >= 15 is 0 Å². The topological polar surface area (TPSA) is 52.3 Å². The second-order valence-corrected chi connectivity index (χ2v) is 7.67. The van der Waals surface area contributed by atoms with Gasteiger partial charge >= 0.3 is 6.18 Å². The van der Waals surface area contributed by atoms with Crippen molar-refractivity contribution in [2.75, 3.05) is 0 Å². The van der Waals surface area contributed by atoms with E-state index in [9.17, 15) is 18.0 Å². The molecule has 1 amide bonds. The first-order chi connectivity index (χ1) is 13.7. The Labute approximate surface area is 174 Å². The molecule has 0 spiro atoms. The van der Waals surface area contributed by atoms with E-state index in [0.717, 1.165) is 21.9 Å². The molecule has 0 aliphatic heterocycles. The lowest BCUT2D eigenvalue weighted by Crippen LogP contribution is -2.14. The molecule has 3 rings (SSSR count). The van der Waals surface area contributed by atoms with Crippen LogP contribution in [0.4, 0.5) is 13.2 Å². The summed E-state index contributed by atoms with van der Waals surface area (Å²) < 4.78 is 45.1. The summed E-state index contributed by atoms with van der Waals surface area (Å²) in [6, 6.07) is 17.7. The number of alkyl halides is 3. The average Bonchev–Trinajstić information content (AvgIpc) is 2.63. The Balaban J connectivity index is 1.86. The fourth-order valence-electron chi connectivity index (χ4n) is 2.57. The van der Waals surface area contributed by atoms with Gasteiger partial charge in [0.15, 0.2) is 0 Å². The number of carbonyl (C=O) groups excluding carboxylic acids is 1. The largest absolute Gasteiger partial charge is 0.456 e. The van der Waals surface area contributed by atoms with Gasteiger partial charge in [-0.1, -0.05) is 41.6 Å². The lowest BCUT2D eigenvalue weighted by Gasteiger charge is -2.14. The predicted octanol–water partition coefficient (Wildman–Crippen LogP) is 6.33. The monoisotopic (exact) mass is 437 g/mol. The molecule has 29 heavy (non-hydrogen) atoms. The molecule has 0 aliphatic rings. The highest BCUT2D eigenvalue weighted by molar-refractivity contribution is 7.99. The van der Waals surface area contributed by atoms with Crippen LogP contribution in [-0.4, -0.2) is 5.91 Å². The Morgan fingerprint density at radius 1 is 1.00 bits per heavy atom. The third-order valence-corrected chi connectivity index (χ3v) is 5.07. The van der Waals surface area contributed by atoms with Crippen LogP contribution >= 0.6 is 23.4 Å². The van der Waals surface area contributed by atoms with Crippen molar-refractivity contribution in [3.63, 3.8) is 0 Å². The molecule has 0 heterocycles. The molecular weight excluding hydrogens is 423 g/mol. The van der Waals surface area contributed by atoms with Gasteiger partial charge in [-0.2, -0.15) is 13.2 Å². The van der Waals surface area contributed by atoms with Gasteiger partial charge in [-0.15, -0.1) is 0 Å². The Hall–Kier alpha value is -2.64. The SMILES string of the molecule is NC(=O)Cc1cc(Oc2ccc(Sc3ccccc3)cc2Cl)cc(C(F)(F)F)c1. The molecule has 0 saturated heterocycles. The standard InChI is InChI=1S/C21H15ClF3NO2S/c22-18-12-17(29-16-4-2-1-3-5-16)6-7-19(18)28-15-9-13(10-20(26)27)8-14(11-15)21(23,24)25/h1-9,11-12H,10H2,(H2,26,27). The quantitative estimate of drug-likeness (QED) is 0.490. The smallest absolute Gasteiger partial charge is 0.416 e. The molecular formula is C21H15ClF3NO2S. The first-order valence-electron chi connectivity index (χ1n) is 8.40. The number of ether oxygens (including phenoxy) is 1. The molecule has 3 nitrogen and oxygen atoms in total. The molecule has 2 N–H and O–H groups in total. The molecule has 0 aromatic heterocycles. The number of rotatable bonds is 6. The molecule has 3 aromatic carbocycles. The van der Waals surface area contributed by atoms with E-state index in [0.29, 0.717) is 0 Å². The van der Waals surface area contributed by atoms with E-state index < -0.39 is 17.6 Å². The van der Waals surface area contributed by atoms with Gasteiger partial charge in [0, 0.05) is 9.79 Å². The van der Waals surface area contributed by atoms with Crippen molar-refractivity contribution in [2.24, 2.45) is 5.73 Å². The zero-order valence-electron chi connectivity index (χ0n) is 14.9. The first kappa shape index (κ1) is 21.1. The van der Waals surface area contributed by atoms with Gasteiger partial charge in [0.05, 0.1) is 17.0 Å². The molecule has 0 atom stereocenters. The molecule has 0 fully saturated rings. The van der Waals surface area contributed by atoms with E-state index in [1.54, 1.807) is 18.2 Å². The lowest BCUT2D eigenvalue weighted by atomic mass is 10.1. The Kier molecular flexibility index (Phi) is 6.39. The van der Waals surface area contributed by atoms with E-state index in [2.05, 4.69) is 0 Å². The van der Waals surface area contributed by atoms with Crippen molar-refractivity contribution >= 4 is 29.3 Å². The summed E-state index contributed by atoms with van der Waals surface area (Å²) in [4.78, 5) is 13.0. The van der Waals surface area contributed by atoms with E-state index in [4.69, 9.17) is 22.1 Å². The van der Waals surface area contributed by atoms with Crippen LogP contribution < -0.4 is 10.5 Å². The van der Waals surface area contributed by atoms with Crippen LogP contribution in [0.1, 0.15) is 11.1 Å². The number of hydrogen-bond acceptors (Lipinski definition) is 3. The summed E-state index contributed by atoms with van der Waals surface area (Å²) in [5.74, 6) is -0.620. The molecule has 3 aromatic rings. The van der Waals surface area contributed by atoms with Crippen LogP contribution in [0.5, 0.6) is 11.5 Å². The molecule has 0 saturated carbocycles. The van der Waals surface area contributed by atoms with E-state index in [1.807, 2.05) is 30.3 Å². The molecule has 0 radical (unpaired) electrons. The minimum Gasteiger partial charge on any atom is -0.456 e. The maximum absolute atomic E-state index is 13.2. The molecule has 150 valence electrons. The summed E-state index contributed by atoms with van der Waals surface area (Å²) >= 11 is 7.76. The van der Waals surface area contributed by atoms with Gasteiger partial charge in [0.2, 0.25) is 5.91 Å². The Morgan fingerprint density at radius 2 is 1.72 bits per heavy atom. The molecule has 0 aliphatic carbocycles. The number of amides is 1. The number of hydrogen-bond donors (Lipinski definition) is 1. The summed E-state index contributed by atoms with van der Waals surface area (Å²) in [5.41, 5.74) is 4.28. The lowest BCUT2D eigenvalue weighted by molar-refractivity contribution is -0.137. The van der Waals surface area contributed by atoms with Crippen LogP contribution in [-0.2, 0) is 17.4 Å². The van der Waals surface area contributed by atoms with Crippen molar-refractivity contribution in [1.29, 1.82) is 0 Å². The van der Waals surface area contributed by atoms with Gasteiger partial charge in [-0.25, -0.2) is 0 Å². The van der Waals surface area contributed by atoms with Crippen molar-refractivity contribution in [2.45, 2.75) is 22.4 Å². The third kappa shape index (κ3) is 5.92. The van der Waals surface area contributed by atoms with Gasteiger partial charge in [-0.3, -0.25) is 4.79 Å². The summed E-state index contributed by atoms with van der Waals surface area (Å²) in [7, 11) is 0. The predicted molar refractivity (Wildman–Crippen MR) is 106 cm³/mol. The third-order valence-electron chi connectivity index (χ3n) is 3.78. The average molecular weight is 438 g/mol. The number of benzene rings is 3. The van der Waals surface area contributed by atoms with Crippen LogP contribution in [0.25, 0.3) is 0 Å². The normalized spacial score (nSPS) is 11.3. The minimum atomic E-state index is -4.59. The number of primary amides is 1. The number of halogens is 4. The van der Waals surface area contributed by atoms with Crippen LogP contribution in [0.2, 0.25) is 5.02 Å². The number of carbonyl (C=O) groups is 1. The van der Waals surface area contributed by atoms with Gasteiger partial charge < -0.3 is 10.5 Å². The zero-order valence-corrected chi connectivity index (χ0v) is 16.4. The highest BCUT2D eigenvalue weighted by atomic mass is 35.5. The maximum atomic E-state index is 13.2. The molecule has 0 bridgehead atoms. The van der Waals surface area contributed by atoms with Gasteiger partial charge in [-0.05, 0) is 54.1 Å². The first-order valence-corrected chi connectivity index (χ1v) is 9.60. The maximum Gasteiger partial charge on any atom is 0.416 e. The summed E-state index contributed by atoms with van der Waals surface area (Å²) in [6.07, 6.45) is -4.92. The highest BCUT2D eigenvalue weighted by Gasteiger charge is 2.31. The van der Waals surface area contributed by atoms with Gasteiger partial charge in [0.25, 0.3) is 0 Å². The second-order valence-electron chi connectivity index (χ2n) is 6.12.